The zero-order chi connectivity index (χ0) is 23.7. The van der Waals surface area contributed by atoms with Crippen molar-refractivity contribution in [3.63, 3.8) is 0 Å². The van der Waals surface area contributed by atoms with Crippen LogP contribution in [0, 0.1) is 5.41 Å². The molecule has 3 N–H and O–H groups in total. The Morgan fingerprint density at radius 3 is 2.68 bits per heavy atom. The number of thiophene rings is 1. The molecule has 4 aromatic rings. The van der Waals surface area contributed by atoms with Gasteiger partial charge in [-0.3, -0.25) is 9.69 Å². The molecule has 6 rings (SSSR count). The second-order valence-corrected chi connectivity index (χ2v) is 10.5. The largest absolute Gasteiger partial charge is 0.393 e. The van der Waals surface area contributed by atoms with Gasteiger partial charge in [-0.25, -0.2) is 9.97 Å². The molecule has 1 spiro atoms. The minimum absolute atomic E-state index is 0.192. The summed E-state index contributed by atoms with van der Waals surface area (Å²) in [5.41, 5.74) is 8.00. The van der Waals surface area contributed by atoms with Crippen molar-refractivity contribution >= 4 is 44.2 Å². The number of hydrogen-bond donors (Lipinski definition) is 2. The van der Waals surface area contributed by atoms with Gasteiger partial charge >= 0.3 is 6.18 Å². The lowest BCUT2D eigenvalue weighted by Crippen LogP contribution is -2.72. The number of nitrogens with two attached hydrogens (primary N) is 1. The van der Waals surface area contributed by atoms with E-state index in [0.717, 1.165) is 66.3 Å². The van der Waals surface area contributed by atoms with Gasteiger partial charge in [0.25, 0.3) is 5.91 Å². The summed E-state index contributed by atoms with van der Waals surface area (Å²) in [5.74, 6) is 0.248. The van der Waals surface area contributed by atoms with Gasteiger partial charge in [0.05, 0.1) is 11.8 Å². The van der Waals surface area contributed by atoms with Crippen molar-refractivity contribution in [3.8, 4) is 0 Å². The van der Waals surface area contributed by atoms with Gasteiger partial charge in [-0.2, -0.15) is 13.2 Å². The highest BCUT2D eigenvalue weighted by Gasteiger charge is 2.52. The number of alkyl halides is 3. The number of halogens is 3. The third-order valence-electron chi connectivity index (χ3n) is 6.56. The predicted octanol–water partition coefficient (Wildman–Crippen LogP) is 3.70. The van der Waals surface area contributed by atoms with E-state index in [0.29, 0.717) is 15.9 Å². The summed E-state index contributed by atoms with van der Waals surface area (Å²) in [6.45, 7) is 4.38. The monoisotopic (exact) mass is 486 g/mol. The number of likely N-dealkylation sites (tertiary alicyclic amines) is 1. The van der Waals surface area contributed by atoms with Gasteiger partial charge < -0.3 is 15.6 Å². The number of nitrogens with zero attached hydrogens (tertiary/aromatic N) is 4. The van der Waals surface area contributed by atoms with Crippen LogP contribution in [0.2, 0.25) is 0 Å². The van der Waals surface area contributed by atoms with E-state index in [2.05, 4.69) is 30.8 Å². The molecular weight excluding hydrogens is 465 g/mol. The van der Waals surface area contributed by atoms with E-state index in [1.165, 1.54) is 6.33 Å². The fourth-order valence-electron chi connectivity index (χ4n) is 5.22. The minimum Gasteiger partial charge on any atom is -0.364 e. The molecule has 1 aromatic carbocycles. The third-order valence-corrected chi connectivity index (χ3v) is 7.61. The third kappa shape index (κ3) is 3.78. The van der Waals surface area contributed by atoms with Crippen molar-refractivity contribution in [2.24, 2.45) is 11.1 Å². The van der Waals surface area contributed by atoms with Gasteiger partial charge in [-0.1, -0.05) is 12.1 Å². The molecule has 0 bridgehead atoms. The van der Waals surface area contributed by atoms with Crippen LogP contribution in [0.3, 0.4) is 0 Å². The molecule has 34 heavy (non-hydrogen) atoms. The van der Waals surface area contributed by atoms with Crippen LogP contribution in [-0.2, 0) is 13.0 Å². The summed E-state index contributed by atoms with van der Waals surface area (Å²) in [7, 11) is 0. The van der Waals surface area contributed by atoms with Crippen LogP contribution in [0.4, 0.5) is 19.0 Å². The number of benzene rings is 1. The summed E-state index contributed by atoms with van der Waals surface area (Å²) in [6.07, 6.45) is -3.74. The average molecular weight is 487 g/mol. The van der Waals surface area contributed by atoms with Gasteiger partial charge in [-0.05, 0) is 23.8 Å². The number of aromatic amines is 1. The highest BCUT2D eigenvalue weighted by Crippen LogP contribution is 2.44. The first-order chi connectivity index (χ1) is 16.2. The Balaban J connectivity index is 1.10. The van der Waals surface area contributed by atoms with Gasteiger partial charge in [0.2, 0.25) is 0 Å². The van der Waals surface area contributed by atoms with E-state index in [-0.39, 0.29) is 10.3 Å². The van der Waals surface area contributed by atoms with E-state index >= 15 is 0 Å². The lowest BCUT2D eigenvalue weighted by molar-refractivity contribution is -0.126. The van der Waals surface area contributed by atoms with Crippen LogP contribution >= 0.6 is 11.3 Å². The van der Waals surface area contributed by atoms with Crippen LogP contribution in [0.5, 0.6) is 0 Å². The summed E-state index contributed by atoms with van der Waals surface area (Å²) < 4.78 is 38.4. The first-order valence-corrected chi connectivity index (χ1v) is 11.7. The van der Waals surface area contributed by atoms with Crippen LogP contribution in [0.1, 0.15) is 20.9 Å². The molecule has 0 unspecified atom stereocenters. The number of carbonyl (C=O) groups excluding carboxylic acids is 1. The Bertz CT molecular complexity index is 1410. The number of anilines is 1. The summed E-state index contributed by atoms with van der Waals surface area (Å²) in [5, 5.41) is 1.66. The SMILES string of the molecule is NC(=O)c1cc2ccc(CN3CC4(C3)CN(c3ncnc5sc(CC(F)(F)F)cc35)C4)cc2[nH]1. The van der Waals surface area contributed by atoms with Crippen molar-refractivity contribution in [1.82, 2.24) is 19.9 Å². The molecule has 0 atom stereocenters. The molecule has 3 aromatic heterocycles. The zero-order valence-electron chi connectivity index (χ0n) is 18.0. The first kappa shape index (κ1) is 21.4. The molecule has 0 radical (unpaired) electrons. The fourth-order valence-corrected chi connectivity index (χ4v) is 6.24. The number of nitrogens with one attached hydrogen (secondary N) is 1. The number of amides is 1. The van der Waals surface area contributed by atoms with Gasteiger partial charge in [0.15, 0.2) is 0 Å². The van der Waals surface area contributed by atoms with Gasteiger partial charge in [0, 0.05) is 53.9 Å². The van der Waals surface area contributed by atoms with E-state index in [9.17, 15) is 18.0 Å². The Morgan fingerprint density at radius 1 is 1.15 bits per heavy atom. The number of H-pyrrole nitrogens is 1. The molecule has 2 aliphatic rings. The Hall–Kier alpha value is -3.18. The number of rotatable bonds is 5. The molecule has 176 valence electrons. The lowest BCUT2D eigenvalue weighted by Gasteiger charge is -2.60. The molecule has 7 nitrogen and oxygen atoms in total. The molecule has 0 saturated carbocycles. The van der Waals surface area contributed by atoms with Gasteiger partial charge in [-0.15, -0.1) is 11.3 Å². The molecule has 2 fully saturated rings. The maximum atomic E-state index is 12.8. The smallest absolute Gasteiger partial charge is 0.364 e. The Kier molecular flexibility index (Phi) is 4.65. The van der Waals surface area contributed by atoms with Gasteiger partial charge in [0.1, 0.15) is 22.7 Å². The summed E-state index contributed by atoms with van der Waals surface area (Å²) in [6, 6.07) is 9.44. The number of carbonyl (C=O) groups is 1. The molecule has 1 amide bonds. The van der Waals surface area contributed by atoms with Crippen molar-refractivity contribution < 1.29 is 18.0 Å². The second-order valence-electron chi connectivity index (χ2n) is 9.39. The minimum atomic E-state index is -4.24. The second kappa shape index (κ2) is 7.41. The van der Waals surface area contributed by atoms with Crippen molar-refractivity contribution in [3.05, 3.63) is 52.8 Å². The first-order valence-electron chi connectivity index (χ1n) is 10.9. The lowest BCUT2D eigenvalue weighted by atomic mass is 9.72. The summed E-state index contributed by atoms with van der Waals surface area (Å²) in [4.78, 5) is 28.4. The molecular formula is C23H21F3N6OS. The maximum Gasteiger partial charge on any atom is 0.393 e. The van der Waals surface area contributed by atoms with Crippen molar-refractivity contribution in [2.45, 2.75) is 19.1 Å². The molecule has 2 aliphatic heterocycles. The number of primary amides is 1. The van der Waals surface area contributed by atoms with Crippen LogP contribution in [0.15, 0.2) is 36.7 Å². The number of fused-ring (bicyclic) bond motifs is 2. The number of hydrogen-bond acceptors (Lipinski definition) is 6. The van der Waals surface area contributed by atoms with E-state index in [1.54, 1.807) is 12.1 Å². The topological polar surface area (TPSA) is 91.1 Å². The van der Waals surface area contributed by atoms with Crippen molar-refractivity contribution in [1.29, 1.82) is 0 Å². The highest BCUT2D eigenvalue weighted by molar-refractivity contribution is 7.18. The normalized spacial score (nSPS) is 17.9. The van der Waals surface area contributed by atoms with E-state index in [4.69, 9.17) is 5.73 Å². The predicted molar refractivity (Wildman–Crippen MR) is 124 cm³/mol. The average Bonchev–Trinajstić information content (AvgIpc) is 3.30. The highest BCUT2D eigenvalue weighted by atomic mass is 32.1. The molecule has 2 saturated heterocycles. The zero-order valence-corrected chi connectivity index (χ0v) is 18.8. The standard InChI is InChI=1S/C23H21F3N6OS/c24-23(25,26)6-15-5-16-20(28-12-29-21(16)34-15)32-10-22(11-32)8-31(9-22)7-13-1-2-14-4-18(19(27)33)30-17(14)3-13/h1-5,12,30H,6-11H2,(H2,27,33). The quantitative estimate of drug-likeness (QED) is 0.449. The Labute approximate surface area is 196 Å². The molecule has 11 heteroatoms. The fraction of sp³-hybridized carbons (Fsp3) is 0.348. The van der Waals surface area contributed by atoms with E-state index < -0.39 is 18.5 Å². The van der Waals surface area contributed by atoms with Crippen LogP contribution < -0.4 is 10.6 Å². The van der Waals surface area contributed by atoms with Crippen molar-refractivity contribution in [2.75, 3.05) is 31.1 Å². The van der Waals surface area contributed by atoms with E-state index in [1.807, 2.05) is 12.1 Å². The summed E-state index contributed by atoms with van der Waals surface area (Å²) >= 11 is 1.08. The molecule has 0 aliphatic carbocycles. The Morgan fingerprint density at radius 2 is 1.94 bits per heavy atom. The van der Waals surface area contributed by atoms with Crippen LogP contribution in [0.25, 0.3) is 21.1 Å². The van der Waals surface area contributed by atoms with Crippen LogP contribution in [-0.4, -0.2) is 58.1 Å². The molecule has 5 heterocycles. The number of aromatic nitrogens is 3. The maximum absolute atomic E-state index is 12.8.